The number of benzene rings is 1. The van der Waals surface area contributed by atoms with Gasteiger partial charge in [0.1, 0.15) is 5.56 Å². The van der Waals surface area contributed by atoms with Gasteiger partial charge in [-0.25, -0.2) is 0 Å². The van der Waals surface area contributed by atoms with Crippen LogP contribution in [0, 0.1) is 5.92 Å². The monoisotopic (exact) mass is 312 g/mol. The zero-order chi connectivity index (χ0) is 16.2. The lowest BCUT2D eigenvalue weighted by Gasteiger charge is -2.16. The number of carbonyl (C=O) groups excluding carboxylic acids is 1. The molecule has 1 aliphatic carbocycles. The third-order valence-electron chi connectivity index (χ3n) is 4.19. The fourth-order valence-corrected chi connectivity index (χ4v) is 2.75. The molecule has 0 aliphatic heterocycles. The van der Waals surface area contributed by atoms with Crippen LogP contribution in [-0.2, 0) is 0 Å². The second kappa shape index (κ2) is 6.79. The van der Waals surface area contributed by atoms with Gasteiger partial charge < -0.3 is 15.4 Å². The molecule has 0 spiro atoms. The Morgan fingerprint density at radius 1 is 1.22 bits per heavy atom. The number of H-pyrrole nitrogens is 1. The number of aromatic amines is 1. The van der Waals surface area contributed by atoms with Crippen LogP contribution in [0.2, 0.25) is 0 Å². The van der Waals surface area contributed by atoms with Gasteiger partial charge in [-0.2, -0.15) is 0 Å². The average Bonchev–Trinajstić information content (AvgIpc) is 3.40. The van der Waals surface area contributed by atoms with E-state index in [0.717, 1.165) is 18.4 Å². The Morgan fingerprint density at radius 2 is 1.96 bits per heavy atom. The van der Waals surface area contributed by atoms with E-state index in [-0.39, 0.29) is 24.1 Å². The highest BCUT2D eigenvalue weighted by Crippen LogP contribution is 2.34. The molecule has 3 rings (SSSR count). The predicted molar refractivity (Wildman–Crippen MR) is 88.2 cm³/mol. The topological polar surface area (TPSA) is 82.2 Å². The molecule has 0 bridgehead atoms. The molecule has 0 radical (unpaired) electrons. The first-order valence-corrected chi connectivity index (χ1v) is 7.89. The molecule has 0 saturated heterocycles. The third kappa shape index (κ3) is 3.68. The number of aliphatic hydroxyl groups is 1. The van der Waals surface area contributed by atoms with Crippen LogP contribution in [0.1, 0.15) is 29.6 Å². The van der Waals surface area contributed by atoms with Crippen LogP contribution < -0.4 is 10.9 Å². The van der Waals surface area contributed by atoms with Gasteiger partial charge in [0.25, 0.3) is 11.5 Å². The van der Waals surface area contributed by atoms with Gasteiger partial charge in [-0.3, -0.25) is 9.59 Å². The summed E-state index contributed by atoms with van der Waals surface area (Å²) >= 11 is 0. The standard InChI is InChI=1S/C18H20N2O3/c21-11-10-16(13-6-7-13)20-18(23)14-8-9-15(19-17(14)22)12-4-2-1-3-5-12/h1-5,8-9,13,16,21H,6-7,10-11H2,(H,19,22)(H,20,23). The van der Waals surface area contributed by atoms with Crippen molar-refractivity contribution in [2.24, 2.45) is 5.92 Å². The Bertz CT molecular complexity index is 735. The molecule has 1 heterocycles. The number of pyridine rings is 1. The lowest BCUT2D eigenvalue weighted by atomic mass is 10.1. The molecule has 1 fully saturated rings. The van der Waals surface area contributed by atoms with Crippen molar-refractivity contribution in [1.82, 2.24) is 10.3 Å². The molecule has 1 aliphatic rings. The van der Waals surface area contributed by atoms with Crippen molar-refractivity contribution in [3.05, 3.63) is 58.4 Å². The molecule has 23 heavy (non-hydrogen) atoms. The van der Waals surface area contributed by atoms with Crippen LogP contribution in [0.5, 0.6) is 0 Å². The van der Waals surface area contributed by atoms with Crippen molar-refractivity contribution in [3.63, 3.8) is 0 Å². The summed E-state index contributed by atoms with van der Waals surface area (Å²) in [5.41, 5.74) is 1.28. The lowest BCUT2D eigenvalue weighted by Crippen LogP contribution is -2.39. The zero-order valence-electron chi connectivity index (χ0n) is 12.8. The van der Waals surface area contributed by atoms with Gasteiger partial charge in [0.15, 0.2) is 0 Å². The first-order chi connectivity index (χ1) is 11.2. The van der Waals surface area contributed by atoms with Gasteiger partial charge in [0, 0.05) is 18.3 Å². The quantitative estimate of drug-likeness (QED) is 0.762. The normalized spacial score (nSPS) is 15.2. The van der Waals surface area contributed by atoms with Crippen LogP contribution in [0.3, 0.4) is 0 Å². The molecule has 1 saturated carbocycles. The Morgan fingerprint density at radius 3 is 2.57 bits per heavy atom. The molecule has 1 amide bonds. The maximum Gasteiger partial charge on any atom is 0.261 e. The van der Waals surface area contributed by atoms with Crippen molar-refractivity contribution in [3.8, 4) is 11.3 Å². The van der Waals surface area contributed by atoms with Crippen LogP contribution >= 0.6 is 0 Å². The SMILES string of the molecule is O=C(NC(CCO)C1CC1)c1ccc(-c2ccccc2)[nH]c1=O. The van der Waals surface area contributed by atoms with Gasteiger partial charge in [0.2, 0.25) is 0 Å². The van der Waals surface area contributed by atoms with Gasteiger partial charge in [-0.05, 0) is 42.9 Å². The minimum Gasteiger partial charge on any atom is -0.396 e. The van der Waals surface area contributed by atoms with Crippen LogP contribution in [-0.4, -0.2) is 28.6 Å². The molecular formula is C18H20N2O3. The van der Waals surface area contributed by atoms with E-state index in [4.69, 9.17) is 5.11 Å². The number of carbonyl (C=O) groups is 1. The molecule has 1 aromatic carbocycles. The number of amides is 1. The Balaban J connectivity index is 1.77. The zero-order valence-corrected chi connectivity index (χ0v) is 12.8. The van der Waals surface area contributed by atoms with E-state index in [9.17, 15) is 9.59 Å². The van der Waals surface area contributed by atoms with Crippen LogP contribution in [0.15, 0.2) is 47.3 Å². The third-order valence-corrected chi connectivity index (χ3v) is 4.19. The first kappa shape index (κ1) is 15.5. The number of rotatable bonds is 6. The smallest absolute Gasteiger partial charge is 0.261 e. The summed E-state index contributed by atoms with van der Waals surface area (Å²) in [6.45, 7) is 0.0325. The van der Waals surface area contributed by atoms with E-state index < -0.39 is 5.56 Å². The second-order valence-electron chi connectivity index (χ2n) is 5.91. The highest BCUT2D eigenvalue weighted by atomic mass is 16.3. The number of nitrogens with one attached hydrogen (secondary N) is 2. The maximum atomic E-state index is 12.3. The molecule has 2 aromatic rings. The summed E-state index contributed by atoms with van der Waals surface area (Å²) in [7, 11) is 0. The minimum absolute atomic E-state index is 0.0325. The summed E-state index contributed by atoms with van der Waals surface area (Å²) in [6, 6.07) is 12.7. The van der Waals surface area contributed by atoms with Gasteiger partial charge >= 0.3 is 0 Å². The molecule has 5 heteroatoms. The lowest BCUT2D eigenvalue weighted by molar-refractivity contribution is 0.0923. The van der Waals surface area contributed by atoms with Crippen molar-refractivity contribution in [2.45, 2.75) is 25.3 Å². The molecule has 120 valence electrons. The van der Waals surface area contributed by atoms with E-state index >= 15 is 0 Å². The number of aromatic nitrogens is 1. The van der Waals surface area contributed by atoms with E-state index in [1.165, 1.54) is 0 Å². The molecular weight excluding hydrogens is 292 g/mol. The maximum absolute atomic E-state index is 12.3. The van der Waals surface area contributed by atoms with Gasteiger partial charge in [-0.15, -0.1) is 0 Å². The Hall–Kier alpha value is -2.40. The molecule has 5 nitrogen and oxygen atoms in total. The summed E-state index contributed by atoms with van der Waals surface area (Å²) in [6.07, 6.45) is 2.65. The Kier molecular flexibility index (Phi) is 4.57. The highest BCUT2D eigenvalue weighted by molar-refractivity contribution is 5.94. The number of hydrogen-bond donors (Lipinski definition) is 3. The largest absolute Gasteiger partial charge is 0.396 e. The summed E-state index contributed by atoms with van der Waals surface area (Å²) in [4.78, 5) is 27.3. The predicted octanol–water partition coefficient (Wildman–Crippen LogP) is 1.93. The number of aliphatic hydroxyl groups excluding tert-OH is 1. The fourth-order valence-electron chi connectivity index (χ4n) is 2.75. The van der Waals surface area contributed by atoms with E-state index in [2.05, 4.69) is 10.3 Å². The number of hydrogen-bond acceptors (Lipinski definition) is 3. The molecule has 1 unspecified atom stereocenters. The fraction of sp³-hybridized carbons (Fsp3) is 0.333. The molecule has 1 atom stereocenters. The van der Waals surface area contributed by atoms with E-state index in [1.807, 2.05) is 30.3 Å². The highest BCUT2D eigenvalue weighted by Gasteiger charge is 2.32. The van der Waals surface area contributed by atoms with Crippen molar-refractivity contribution in [1.29, 1.82) is 0 Å². The summed E-state index contributed by atoms with van der Waals surface area (Å²) in [5.74, 6) is 0.0463. The Labute approximate surface area is 134 Å². The van der Waals surface area contributed by atoms with Crippen molar-refractivity contribution >= 4 is 5.91 Å². The summed E-state index contributed by atoms with van der Waals surface area (Å²) < 4.78 is 0. The van der Waals surface area contributed by atoms with Crippen LogP contribution in [0.25, 0.3) is 11.3 Å². The van der Waals surface area contributed by atoms with Crippen molar-refractivity contribution < 1.29 is 9.90 Å². The molecule has 1 aromatic heterocycles. The molecule has 3 N–H and O–H groups in total. The van der Waals surface area contributed by atoms with Gasteiger partial charge in [-0.1, -0.05) is 30.3 Å². The first-order valence-electron chi connectivity index (χ1n) is 7.89. The van der Waals surface area contributed by atoms with E-state index in [0.29, 0.717) is 18.0 Å². The minimum atomic E-state index is -0.401. The van der Waals surface area contributed by atoms with Crippen LogP contribution in [0.4, 0.5) is 0 Å². The van der Waals surface area contributed by atoms with Gasteiger partial charge in [0.05, 0.1) is 0 Å². The van der Waals surface area contributed by atoms with E-state index in [1.54, 1.807) is 12.1 Å². The second-order valence-corrected chi connectivity index (χ2v) is 5.91. The average molecular weight is 312 g/mol. The van der Waals surface area contributed by atoms with Crippen molar-refractivity contribution in [2.75, 3.05) is 6.61 Å². The summed E-state index contributed by atoms with van der Waals surface area (Å²) in [5, 5.41) is 12.0.